The van der Waals surface area contributed by atoms with Gasteiger partial charge in [0.25, 0.3) is 0 Å². The number of carbonyl (C=O) groups is 1. The van der Waals surface area contributed by atoms with Crippen LogP contribution in [0.1, 0.15) is 34.1 Å². The summed E-state index contributed by atoms with van der Waals surface area (Å²) in [5.74, 6) is 0.863. The Labute approximate surface area is 122 Å². The van der Waals surface area contributed by atoms with Gasteiger partial charge in [0.1, 0.15) is 0 Å². The van der Waals surface area contributed by atoms with Crippen LogP contribution in [0.15, 0.2) is 12.4 Å². The summed E-state index contributed by atoms with van der Waals surface area (Å²) in [6.07, 6.45) is 3.14. The van der Waals surface area contributed by atoms with E-state index in [2.05, 4.69) is 27.4 Å². The first-order chi connectivity index (χ1) is 9.95. The normalized spacial score (nSPS) is 12.6. The highest BCUT2D eigenvalue weighted by Crippen LogP contribution is 2.20. The van der Waals surface area contributed by atoms with Crippen molar-refractivity contribution in [2.75, 3.05) is 10.2 Å². The van der Waals surface area contributed by atoms with Crippen molar-refractivity contribution in [2.45, 2.75) is 46.2 Å². The molecule has 21 heavy (non-hydrogen) atoms. The SMILES string of the molecule is CCC(C)Nc1nccn2c(N(C(=O)O)C(C)C)nnc12. The van der Waals surface area contributed by atoms with Crippen molar-refractivity contribution in [1.29, 1.82) is 0 Å². The van der Waals surface area contributed by atoms with Crippen LogP contribution >= 0.6 is 0 Å². The summed E-state index contributed by atoms with van der Waals surface area (Å²) in [7, 11) is 0. The van der Waals surface area contributed by atoms with E-state index in [-0.39, 0.29) is 18.0 Å². The van der Waals surface area contributed by atoms with E-state index in [1.165, 1.54) is 4.90 Å². The van der Waals surface area contributed by atoms with Gasteiger partial charge in [-0.25, -0.2) is 14.7 Å². The minimum absolute atomic E-state index is 0.240. The zero-order valence-electron chi connectivity index (χ0n) is 12.6. The molecule has 1 atom stereocenters. The van der Waals surface area contributed by atoms with Crippen LogP contribution in [0, 0.1) is 0 Å². The quantitative estimate of drug-likeness (QED) is 0.877. The molecule has 0 saturated heterocycles. The number of carboxylic acid groups (broad SMARTS) is 1. The molecule has 0 radical (unpaired) electrons. The maximum atomic E-state index is 11.4. The van der Waals surface area contributed by atoms with Gasteiger partial charge in [0.2, 0.25) is 11.6 Å². The summed E-state index contributed by atoms with van der Waals surface area (Å²) in [4.78, 5) is 16.8. The van der Waals surface area contributed by atoms with E-state index in [4.69, 9.17) is 0 Å². The number of rotatable bonds is 5. The van der Waals surface area contributed by atoms with Gasteiger partial charge < -0.3 is 10.4 Å². The minimum Gasteiger partial charge on any atom is -0.465 e. The Hall–Kier alpha value is -2.38. The summed E-state index contributed by atoms with van der Waals surface area (Å²) in [5.41, 5.74) is 0.514. The molecule has 114 valence electrons. The van der Waals surface area contributed by atoms with Crippen LogP contribution in [0.5, 0.6) is 0 Å². The van der Waals surface area contributed by atoms with Crippen molar-refractivity contribution >= 4 is 23.5 Å². The number of fused-ring (bicyclic) bond motifs is 1. The fourth-order valence-corrected chi connectivity index (χ4v) is 1.95. The van der Waals surface area contributed by atoms with Crippen LogP contribution in [0.25, 0.3) is 5.65 Å². The molecule has 1 amide bonds. The lowest BCUT2D eigenvalue weighted by Crippen LogP contribution is -2.37. The second-order valence-corrected chi connectivity index (χ2v) is 5.17. The molecule has 2 aromatic heterocycles. The Balaban J connectivity index is 2.49. The van der Waals surface area contributed by atoms with Gasteiger partial charge >= 0.3 is 6.09 Å². The molecule has 0 saturated carbocycles. The maximum Gasteiger partial charge on any atom is 0.414 e. The van der Waals surface area contributed by atoms with E-state index >= 15 is 0 Å². The molecule has 0 bridgehead atoms. The molecule has 0 aliphatic rings. The molecule has 0 aromatic carbocycles. The van der Waals surface area contributed by atoms with Crippen molar-refractivity contribution in [2.24, 2.45) is 0 Å². The number of hydrogen-bond donors (Lipinski definition) is 2. The zero-order chi connectivity index (χ0) is 15.6. The fraction of sp³-hybridized carbons (Fsp3) is 0.538. The molecule has 2 heterocycles. The van der Waals surface area contributed by atoms with Crippen LogP contribution < -0.4 is 10.2 Å². The van der Waals surface area contributed by atoms with Gasteiger partial charge in [-0.3, -0.25) is 4.40 Å². The molecule has 0 aliphatic heterocycles. The van der Waals surface area contributed by atoms with Crippen molar-refractivity contribution in [3.8, 4) is 0 Å². The Morgan fingerprint density at radius 3 is 2.71 bits per heavy atom. The van der Waals surface area contributed by atoms with Gasteiger partial charge in [0.05, 0.1) is 0 Å². The van der Waals surface area contributed by atoms with Crippen LogP contribution in [-0.4, -0.2) is 42.9 Å². The summed E-state index contributed by atoms with van der Waals surface area (Å²) in [6.45, 7) is 7.68. The van der Waals surface area contributed by atoms with Crippen LogP contribution in [-0.2, 0) is 0 Å². The first-order valence-electron chi connectivity index (χ1n) is 6.94. The molecule has 8 nitrogen and oxygen atoms in total. The average Bonchev–Trinajstić information content (AvgIpc) is 2.83. The van der Waals surface area contributed by atoms with E-state index in [1.54, 1.807) is 30.6 Å². The second-order valence-electron chi connectivity index (χ2n) is 5.17. The van der Waals surface area contributed by atoms with Crippen molar-refractivity contribution in [3.05, 3.63) is 12.4 Å². The van der Waals surface area contributed by atoms with Gasteiger partial charge in [0.15, 0.2) is 5.82 Å². The van der Waals surface area contributed by atoms with Crippen LogP contribution in [0.2, 0.25) is 0 Å². The highest BCUT2D eigenvalue weighted by Gasteiger charge is 2.24. The third-order valence-electron chi connectivity index (χ3n) is 3.24. The predicted molar refractivity (Wildman–Crippen MR) is 79.8 cm³/mol. The summed E-state index contributed by atoms with van der Waals surface area (Å²) in [6, 6.07) is -0.00133. The van der Waals surface area contributed by atoms with E-state index in [0.717, 1.165) is 6.42 Å². The summed E-state index contributed by atoms with van der Waals surface area (Å²) in [5, 5.41) is 20.7. The molecule has 0 fully saturated rings. The third kappa shape index (κ3) is 2.88. The highest BCUT2D eigenvalue weighted by atomic mass is 16.4. The number of amides is 1. The van der Waals surface area contributed by atoms with Gasteiger partial charge in [0, 0.05) is 24.5 Å². The zero-order valence-corrected chi connectivity index (χ0v) is 12.6. The lowest BCUT2D eigenvalue weighted by atomic mass is 10.2. The lowest BCUT2D eigenvalue weighted by Gasteiger charge is -2.20. The van der Waals surface area contributed by atoms with E-state index in [0.29, 0.717) is 11.5 Å². The first kappa shape index (κ1) is 15.0. The average molecular weight is 292 g/mol. The van der Waals surface area contributed by atoms with E-state index < -0.39 is 6.09 Å². The van der Waals surface area contributed by atoms with Crippen LogP contribution in [0.3, 0.4) is 0 Å². The van der Waals surface area contributed by atoms with Crippen molar-refractivity contribution in [1.82, 2.24) is 19.6 Å². The molecule has 2 N–H and O–H groups in total. The highest BCUT2D eigenvalue weighted by molar-refractivity contribution is 5.85. The molecule has 0 aliphatic carbocycles. The Bertz CT molecular complexity index is 639. The van der Waals surface area contributed by atoms with E-state index in [1.807, 2.05) is 6.92 Å². The van der Waals surface area contributed by atoms with Gasteiger partial charge in [-0.05, 0) is 27.2 Å². The maximum absolute atomic E-state index is 11.4. The Morgan fingerprint density at radius 2 is 2.14 bits per heavy atom. The largest absolute Gasteiger partial charge is 0.465 e. The molecule has 2 rings (SSSR count). The van der Waals surface area contributed by atoms with Gasteiger partial charge in [-0.15, -0.1) is 10.2 Å². The van der Waals surface area contributed by atoms with Crippen LogP contribution in [0.4, 0.5) is 16.6 Å². The molecule has 2 aromatic rings. The Morgan fingerprint density at radius 1 is 1.43 bits per heavy atom. The third-order valence-corrected chi connectivity index (χ3v) is 3.24. The number of aromatic nitrogens is 4. The molecule has 0 spiro atoms. The number of anilines is 2. The molecular formula is C13H20N6O2. The standard InChI is InChI=1S/C13H20N6O2/c1-5-9(4)15-10-11-16-17-12(18(11)7-6-14-10)19(8(2)3)13(20)21/h6-9H,5H2,1-4H3,(H,14,15)(H,20,21). The van der Waals surface area contributed by atoms with E-state index in [9.17, 15) is 9.90 Å². The van der Waals surface area contributed by atoms with Gasteiger partial charge in [-0.1, -0.05) is 6.92 Å². The summed E-state index contributed by atoms with van der Waals surface area (Å²) >= 11 is 0. The summed E-state index contributed by atoms with van der Waals surface area (Å²) < 4.78 is 1.63. The number of nitrogens with zero attached hydrogens (tertiary/aromatic N) is 5. The van der Waals surface area contributed by atoms with Crippen molar-refractivity contribution < 1.29 is 9.90 Å². The molecule has 1 unspecified atom stereocenters. The monoisotopic (exact) mass is 292 g/mol. The first-order valence-corrected chi connectivity index (χ1v) is 6.94. The van der Waals surface area contributed by atoms with Gasteiger partial charge in [-0.2, -0.15) is 0 Å². The fourth-order valence-electron chi connectivity index (χ4n) is 1.95. The Kier molecular flexibility index (Phi) is 4.25. The number of nitrogens with one attached hydrogen (secondary N) is 1. The minimum atomic E-state index is -1.06. The predicted octanol–water partition coefficient (Wildman–Crippen LogP) is 2.23. The van der Waals surface area contributed by atoms with Crippen molar-refractivity contribution in [3.63, 3.8) is 0 Å². The lowest BCUT2D eigenvalue weighted by molar-refractivity contribution is 0.199. The second kappa shape index (κ2) is 5.94. The topological polar surface area (TPSA) is 95.7 Å². The molecule has 8 heteroatoms. The number of hydrogen-bond acceptors (Lipinski definition) is 5. The molecular weight excluding hydrogens is 272 g/mol. The smallest absolute Gasteiger partial charge is 0.414 e.